The highest BCUT2D eigenvalue weighted by molar-refractivity contribution is 5.78. The number of hydrogen-bond acceptors (Lipinski definition) is 5. The van der Waals surface area contributed by atoms with E-state index in [0.717, 1.165) is 16.6 Å². The van der Waals surface area contributed by atoms with Crippen molar-refractivity contribution in [2.75, 3.05) is 7.11 Å². The zero-order valence-corrected chi connectivity index (χ0v) is 15.5. The lowest BCUT2D eigenvalue weighted by atomic mass is 9.91. The van der Waals surface area contributed by atoms with E-state index >= 15 is 0 Å². The van der Waals surface area contributed by atoms with Crippen LogP contribution in [-0.2, 0) is 11.3 Å². The van der Waals surface area contributed by atoms with Gasteiger partial charge >= 0.3 is 0 Å². The van der Waals surface area contributed by atoms with Crippen LogP contribution in [0.4, 0.5) is 4.39 Å². The maximum atomic E-state index is 14.5. The summed E-state index contributed by atoms with van der Waals surface area (Å²) in [5.41, 5.74) is 3.09. The minimum Gasteiger partial charge on any atom is -0.497 e. The molecule has 144 valence electrons. The number of halogens is 1. The average molecular weight is 380 g/mol. The SMILES string of the molecule is COc1ccc(F)c([C@@H]2NC(=O)CC[C@H]2NCc2cccc3nccnc23)c1. The predicted molar refractivity (Wildman–Crippen MR) is 103 cm³/mol. The number of nitrogens with zero attached hydrogens (tertiary/aromatic N) is 2. The summed E-state index contributed by atoms with van der Waals surface area (Å²) in [6.45, 7) is 0.540. The second-order valence-corrected chi connectivity index (χ2v) is 6.80. The molecule has 0 aliphatic carbocycles. The summed E-state index contributed by atoms with van der Waals surface area (Å²) < 4.78 is 19.7. The van der Waals surface area contributed by atoms with Crippen molar-refractivity contribution in [3.05, 3.63) is 65.7 Å². The molecule has 1 aliphatic rings. The van der Waals surface area contributed by atoms with Crippen molar-refractivity contribution in [1.29, 1.82) is 0 Å². The van der Waals surface area contributed by atoms with Crippen molar-refractivity contribution in [3.8, 4) is 5.75 Å². The number of amides is 1. The van der Waals surface area contributed by atoms with Gasteiger partial charge in [-0.05, 0) is 36.2 Å². The van der Waals surface area contributed by atoms with E-state index in [1.807, 2.05) is 18.2 Å². The maximum absolute atomic E-state index is 14.5. The zero-order valence-electron chi connectivity index (χ0n) is 15.5. The van der Waals surface area contributed by atoms with E-state index < -0.39 is 6.04 Å². The summed E-state index contributed by atoms with van der Waals surface area (Å²) >= 11 is 0. The fraction of sp³-hybridized carbons (Fsp3) is 0.286. The Bertz CT molecular complexity index is 1010. The third-order valence-electron chi connectivity index (χ3n) is 5.08. The second kappa shape index (κ2) is 7.90. The van der Waals surface area contributed by atoms with Gasteiger partial charge in [0.2, 0.25) is 5.91 Å². The standard InChI is InChI=1S/C21H21FN4O2/c1-28-14-5-6-16(22)15(11-14)21-18(7-8-19(27)26-21)25-12-13-3-2-4-17-20(13)24-10-9-23-17/h2-6,9-11,18,21,25H,7-8,12H2,1H3,(H,26,27)/t18-,21+/m1/s1. The van der Waals surface area contributed by atoms with Gasteiger partial charge in [0.1, 0.15) is 11.6 Å². The minimum atomic E-state index is -0.475. The molecule has 2 heterocycles. The first kappa shape index (κ1) is 18.3. The molecule has 2 aromatic carbocycles. The summed E-state index contributed by atoms with van der Waals surface area (Å²) in [6.07, 6.45) is 4.34. The number of para-hydroxylation sites is 1. The second-order valence-electron chi connectivity index (χ2n) is 6.80. The summed E-state index contributed by atoms with van der Waals surface area (Å²) in [4.78, 5) is 20.7. The average Bonchev–Trinajstić information content (AvgIpc) is 2.73. The third-order valence-corrected chi connectivity index (χ3v) is 5.08. The van der Waals surface area contributed by atoms with Gasteiger partial charge in [-0.3, -0.25) is 14.8 Å². The number of hydrogen-bond donors (Lipinski definition) is 2. The lowest BCUT2D eigenvalue weighted by Gasteiger charge is -2.33. The van der Waals surface area contributed by atoms with Gasteiger partial charge in [-0.2, -0.15) is 0 Å². The van der Waals surface area contributed by atoms with E-state index in [0.29, 0.717) is 30.7 Å². The molecule has 0 unspecified atom stereocenters. The molecule has 1 aliphatic heterocycles. The van der Waals surface area contributed by atoms with Crippen molar-refractivity contribution in [1.82, 2.24) is 20.6 Å². The van der Waals surface area contributed by atoms with Gasteiger partial charge in [-0.15, -0.1) is 0 Å². The number of carbonyl (C=O) groups is 1. The number of fused-ring (bicyclic) bond motifs is 1. The van der Waals surface area contributed by atoms with Crippen molar-refractivity contribution in [3.63, 3.8) is 0 Å². The fourth-order valence-electron chi connectivity index (χ4n) is 3.64. The van der Waals surface area contributed by atoms with Crippen LogP contribution in [0.3, 0.4) is 0 Å². The number of piperidine rings is 1. The van der Waals surface area contributed by atoms with Crippen molar-refractivity contribution < 1.29 is 13.9 Å². The molecule has 0 spiro atoms. The summed E-state index contributed by atoms with van der Waals surface area (Å²) in [7, 11) is 1.54. The quantitative estimate of drug-likeness (QED) is 0.712. The van der Waals surface area contributed by atoms with Gasteiger partial charge in [0, 0.05) is 37.0 Å². The molecule has 6 nitrogen and oxygen atoms in total. The zero-order chi connectivity index (χ0) is 19.5. The van der Waals surface area contributed by atoms with E-state index in [-0.39, 0.29) is 17.8 Å². The Kier molecular flexibility index (Phi) is 5.16. The van der Waals surface area contributed by atoms with Crippen LogP contribution in [0.15, 0.2) is 48.8 Å². The smallest absolute Gasteiger partial charge is 0.220 e. The molecule has 1 aromatic heterocycles. The number of methoxy groups -OCH3 is 1. The topological polar surface area (TPSA) is 76.1 Å². The molecule has 1 amide bonds. The van der Waals surface area contributed by atoms with Gasteiger partial charge in [0.15, 0.2) is 0 Å². The highest BCUT2D eigenvalue weighted by Gasteiger charge is 2.31. The molecule has 2 atom stereocenters. The molecular weight excluding hydrogens is 359 g/mol. The Morgan fingerprint density at radius 3 is 2.96 bits per heavy atom. The molecule has 4 rings (SSSR count). The van der Waals surface area contributed by atoms with Crippen LogP contribution in [-0.4, -0.2) is 29.0 Å². The molecule has 0 saturated carbocycles. The molecule has 1 fully saturated rings. The number of aromatic nitrogens is 2. The molecule has 7 heteroatoms. The first-order chi connectivity index (χ1) is 13.7. The summed E-state index contributed by atoms with van der Waals surface area (Å²) in [5, 5.41) is 6.40. The molecular formula is C21H21FN4O2. The Labute approximate surface area is 162 Å². The van der Waals surface area contributed by atoms with Crippen molar-refractivity contribution >= 4 is 16.9 Å². The molecule has 0 radical (unpaired) electrons. The van der Waals surface area contributed by atoms with Crippen LogP contribution in [0.2, 0.25) is 0 Å². The van der Waals surface area contributed by atoms with Crippen molar-refractivity contribution in [2.45, 2.75) is 31.5 Å². The van der Waals surface area contributed by atoms with E-state index in [4.69, 9.17) is 4.74 Å². The molecule has 0 bridgehead atoms. The fourth-order valence-corrected chi connectivity index (χ4v) is 3.64. The highest BCUT2D eigenvalue weighted by atomic mass is 19.1. The molecule has 2 N–H and O–H groups in total. The number of benzene rings is 2. The van der Waals surface area contributed by atoms with Crippen LogP contribution in [0.5, 0.6) is 5.75 Å². The first-order valence-electron chi connectivity index (χ1n) is 9.20. The number of rotatable bonds is 5. The lowest BCUT2D eigenvalue weighted by molar-refractivity contribution is -0.123. The number of ether oxygens (including phenoxy) is 1. The maximum Gasteiger partial charge on any atom is 0.220 e. The van der Waals surface area contributed by atoms with Crippen molar-refractivity contribution in [2.24, 2.45) is 0 Å². The summed E-state index contributed by atoms with van der Waals surface area (Å²) in [6, 6.07) is 9.84. The monoisotopic (exact) mass is 380 g/mol. The molecule has 1 saturated heterocycles. The Morgan fingerprint density at radius 2 is 2.11 bits per heavy atom. The highest BCUT2D eigenvalue weighted by Crippen LogP contribution is 2.29. The van der Waals surface area contributed by atoms with Crippen LogP contribution < -0.4 is 15.4 Å². The Balaban J connectivity index is 1.59. The first-order valence-corrected chi connectivity index (χ1v) is 9.20. The molecule has 3 aromatic rings. The van der Waals surface area contributed by atoms with Crippen LogP contribution in [0.25, 0.3) is 11.0 Å². The minimum absolute atomic E-state index is 0.0821. The Hall–Kier alpha value is -3.06. The van der Waals surface area contributed by atoms with Gasteiger partial charge in [-0.25, -0.2) is 4.39 Å². The number of nitrogens with one attached hydrogen (secondary N) is 2. The molecule has 28 heavy (non-hydrogen) atoms. The van der Waals surface area contributed by atoms with Crippen LogP contribution in [0, 0.1) is 5.82 Å². The normalized spacial score (nSPS) is 19.4. The number of carbonyl (C=O) groups excluding carboxylic acids is 1. The largest absolute Gasteiger partial charge is 0.497 e. The Morgan fingerprint density at radius 1 is 1.25 bits per heavy atom. The van der Waals surface area contributed by atoms with Gasteiger partial charge < -0.3 is 15.4 Å². The van der Waals surface area contributed by atoms with E-state index in [1.54, 1.807) is 24.5 Å². The third kappa shape index (κ3) is 3.66. The van der Waals surface area contributed by atoms with Gasteiger partial charge in [-0.1, -0.05) is 12.1 Å². The summed E-state index contributed by atoms with van der Waals surface area (Å²) in [5.74, 6) is 0.108. The van der Waals surface area contributed by atoms with Gasteiger partial charge in [0.25, 0.3) is 0 Å². The van der Waals surface area contributed by atoms with Gasteiger partial charge in [0.05, 0.1) is 24.2 Å². The predicted octanol–water partition coefficient (Wildman–Crippen LogP) is 2.89. The van der Waals surface area contributed by atoms with E-state index in [2.05, 4.69) is 20.6 Å². The van der Waals surface area contributed by atoms with Crippen LogP contribution in [0.1, 0.15) is 30.0 Å². The lowest BCUT2D eigenvalue weighted by Crippen LogP contribution is -2.48. The van der Waals surface area contributed by atoms with E-state index in [9.17, 15) is 9.18 Å². The van der Waals surface area contributed by atoms with E-state index in [1.165, 1.54) is 13.2 Å². The van der Waals surface area contributed by atoms with Crippen LogP contribution >= 0.6 is 0 Å².